The number of nitrogens with zero attached hydrogens (tertiary/aromatic N) is 3. The van der Waals surface area contributed by atoms with Crippen molar-refractivity contribution in [2.24, 2.45) is 5.10 Å². The Balaban J connectivity index is 2.21. The largest absolute Gasteiger partial charge is 0.497 e. The van der Waals surface area contributed by atoms with Crippen LogP contribution in [0.15, 0.2) is 41.6 Å². The van der Waals surface area contributed by atoms with E-state index in [1.165, 1.54) is 31.7 Å². The minimum Gasteiger partial charge on any atom is -0.497 e. The topological polar surface area (TPSA) is 98.9 Å². The van der Waals surface area contributed by atoms with Gasteiger partial charge in [0.1, 0.15) is 11.5 Å². The van der Waals surface area contributed by atoms with Gasteiger partial charge in [-0.05, 0) is 24.3 Å². The van der Waals surface area contributed by atoms with Gasteiger partial charge in [-0.3, -0.25) is 15.5 Å². The first-order valence-corrected chi connectivity index (χ1v) is 6.26. The summed E-state index contributed by atoms with van der Waals surface area (Å²) in [5.74, 6) is 1.30. The Bertz CT molecular complexity index is 703. The van der Waals surface area contributed by atoms with Crippen molar-refractivity contribution in [1.82, 2.24) is 4.98 Å². The Hall–Kier alpha value is -3.16. The number of hydrogen-bond acceptors (Lipinski definition) is 7. The molecule has 1 heterocycles. The van der Waals surface area contributed by atoms with Crippen LogP contribution in [0.5, 0.6) is 11.5 Å². The van der Waals surface area contributed by atoms with Crippen LogP contribution in [0.4, 0.5) is 11.5 Å². The fourth-order valence-corrected chi connectivity index (χ4v) is 1.73. The molecule has 1 N–H and O–H groups in total. The molecule has 0 bridgehead atoms. The summed E-state index contributed by atoms with van der Waals surface area (Å²) in [6, 6.07) is 8.06. The monoisotopic (exact) mass is 302 g/mol. The molecular formula is C14H14N4O4. The van der Waals surface area contributed by atoms with Gasteiger partial charge in [-0.1, -0.05) is 0 Å². The maximum absolute atomic E-state index is 10.9. The lowest BCUT2D eigenvalue weighted by Gasteiger charge is -2.06. The molecule has 0 spiro atoms. The number of methoxy groups -OCH3 is 2. The van der Waals surface area contributed by atoms with Crippen molar-refractivity contribution >= 4 is 17.7 Å². The summed E-state index contributed by atoms with van der Waals surface area (Å²) in [4.78, 5) is 14.2. The number of nitro groups is 1. The zero-order valence-electron chi connectivity index (χ0n) is 12.0. The molecule has 0 aliphatic heterocycles. The molecule has 0 radical (unpaired) electrons. The van der Waals surface area contributed by atoms with Gasteiger partial charge in [-0.2, -0.15) is 5.10 Å². The average Bonchev–Trinajstić information content (AvgIpc) is 2.55. The highest BCUT2D eigenvalue weighted by molar-refractivity contribution is 5.84. The Morgan fingerprint density at radius 2 is 2.14 bits per heavy atom. The number of anilines is 1. The summed E-state index contributed by atoms with van der Waals surface area (Å²) in [7, 11) is 3.09. The highest BCUT2D eigenvalue weighted by Gasteiger charge is 2.13. The first-order valence-electron chi connectivity index (χ1n) is 6.26. The Kier molecular flexibility index (Phi) is 4.86. The van der Waals surface area contributed by atoms with E-state index in [1.807, 2.05) is 0 Å². The second-order valence-corrected chi connectivity index (χ2v) is 4.11. The zero-order valence-corrected chi connectivity index (χ0v) is 12.0. The van der Waals surface area contributed by atoms with Crippen LogP contribution in [-0.2, 0) is 0 Å². The van der Waals surface area contributed by atoms with Gasteiger partial charge in [-0.15, -0.1) is 0 Å². The van der Waals surface area contributed by atoms with E-state index >= 15 is 0 Å². The van der Waals surface area contributed by atoms with E-state index in [1.54, 1.807) is 25.3 Å². The van der Waals surface area contributed by atoms with Gasteiger partial charge in [0.25, 0.3) is 0 Å². The molecule has 0 saturated carbocycles. The number of ether oxygens (including phenoxy) is 2. The third kappa shape index (κ3) is 3.48. The molecule has 0 amide bonds. The molecule has 22 heavy (non-hydrogen) atoms. The van der Waals surface area contributed by atoms with Gasteiger partial charge in [0.15, 0.2) is 0 Å². The molecule has 0 saturated heterocycles. The van der Waals surface area contributed by atoms with Gasteiger partial charge in [0.2, 0.25) is 5.82 Å². The van der Waals surface area contributed by atoms with Crippen LogP contribution in [0.25, 0.3) is 0 Å². The number of hydrazone groups is 1. The third-order valence-electron chi connectivity index (χ3n) is 2.79. The van der Waals surface area contributed by atoms with E-state index in [-0.39, 0.29) is 11.5 Å². The van der Waals surface area contributed by atoms with Crippen molar-refractivity contribution in [2.45, 2.75) is 0 Å². The summed E-state index contributed by atoms with van der Waals surface area (Å²) in [6.07, 6.45) is 2.91. The predicted molar refractivity (Wildman–Crippen MR) is 81.7 cm³/mol. The number of hydrogen-bond donors (Lipinski definition) is 1. The third-order valence-corrected chi connectivity index (χ3v) is 2.79. The smallest absolute Gasteiger partial charge is 0.313 e. The van der Waals surface area contributed by atoms with Crippen molar-refractivity contribution in [1.29, 1.82) is 0 Å². The lowest BCUT2D eigenvalue weighted by Crippen LogP contribution is -1.99. The number of rotatable bonds is 6. The molecule has 2 rings (SSSR count). The minimum atomic E-state index is -0.531. The van der Waals surface area contributed by atoms with Crippen LogP contribution >= 0.6 is 0 Å². The lowest BCUT2D eigenvalue weighted by molar-refractivity contribution is -0.384. The summed E-state index contributed by atoms with van der Waals surface area (Å²) >= 11 is 0. The molecule has 0 fully saturated rings. The van der Waals surface area contributed by atoms with Gasteiger partial charge in [0.05, 0.1) is 25.4 Å². The molecule has 114 valence electrons. The maximum atomic E-state index is 10.9. The number of pyridine rings is 1. The Labute approximate surface area is 126 Å². The molecular weight excluding hydrogens is 288 g/mol. The van der Waals surface area contributed by atoms with E-state index in [0.29, 0.717) is 17.1 Å². The van der Waals surface area contributed by atoms with Crippen LogP contribution in [0.1, 0.15) is 5.56 Å². The fourth-order valence-electron chi connectivity index (χ4n) is 1.73. The molecule has 0 unspecified atom stereocenters. The highest BCUT2D eigenvalue weighted by atomic mass is 16.6. The molecule has 2 aromatic rings. The lowest BCUT2D eigenvalue weighted by atomic mass is 10.2. The highest BCUT2D eigenvalue weighted by Crippen LogP contribution is 2.23. The van der Waals surface area contributed by atoms with Gasteiger partial charge >= 0.3 is 5.69 Å². The van der Waals surface area contributed by atoms with E-state index in [0.717, 1.165) is 0 Å². The van der Waals surface area contributed by atoms with Gasteiger partial charge < -0.3 is 9.47 Å². The zero-order chi connectivity index (χ0) is 15.9. The fraction of sp³-hybridized carbons (Fsp3) is 0.143. The van der Waals surface area contributed by atoms with Gasteiger partial charge in [0, 0.05) is 17.8 Å². The van der Waals surface area contributed by atoms with Crippen LogP contribution in [0.2, 0.25) is 0 Å². The van der Waals surface area contributed by atoms with E-state index in [9.17, 15) is 10.1 Å². The first kappa shape index (κ1) is 15.2. The summed E-state index contributed by atoms with van der Waals surface area (Å²) in [5.41, 5.74) is 3.06. The average molecular weight is 302 g/mol. The van der Waals surface area contributed by atoms with E-state index in [4.69, 9.17) is 9.47 Å². The second-order valence-electron chi connectivity index (χ2n) is 4.11. The summed E-state index contributed by atoms with van der Waals surface area (Å²) < 4.78 is 10.3. The maximum Gasteiger partial charge on any atom is 0.313 e. The second kappa shape index (κ2) is 7.02. The molecule has 0 aliphatic rings. The van der Waals surface area contributed by atoms with Crippen LogP contribution in [0.3, 0.4) is 0 Å². The van der Waals surface area contributed by atoms with Crippen LogP contribution in [-0.4, -0.2) is 30.3 Å². The summed E-state index contributed by atoms with van der Waals surface area (Å²) in [5, 5.41) is 14.8. The van der Waals surface area contributed by atoms with E-state index in [2.05, 4.69) is 15.5 Å². The Morgan fingerprint density at radius 1 is 1.32 bits per heavy atom. The standard InChI is InChI=1S/C14H14N4O4/c1-21-11-5-6-13(22-2)10(8-11)9-16-17-14-12(18(19)20)4-3-7-15-14/h3-9H,1-2H3,(H,15,17)/b16-9-. The number of benzene rings is 1. The summed E-state index contributed by atoms with van der Waals surface area (Å²) in [6.45, 7) is 0. The molecule has 1 aromatic carbocycles. The van der Waals surface area contributed by atoms with Crippen LogP contribution in [0, 0.1) is 10.1 Å². The molecule has 0 atom stereocenters. The Morgan fingerprint density at radius 3 is 2.82 bits per heavy atom. The molecule has 1 aromatic heterocycles. The normalized spacial score (nSPS) is 10.5. The first-order chi connectivity index (χ1) is 10.7. The van der Waals surface area contributed by atoms with Crippen molar-refractivity contribution < 1.29 is 14.4 Å². The number of aromatic nitrogens is 1. The minimum absolute atomic E-state index is 0.0608. The van der Waals surface area contributed by atoms with Crippen molar-refractivity contribution in [3.8, 4) is 11.5 Å². The van der Waals surface area contributed by atoms with Gasteiger partial charge in [-0.25, -0.2) is 4.98 Å². The molecule has 8 heteroatoms. The molecule has 8 nitrogen and oxygen atoms in total. The quantitative estimate of drug-likeness (QED) is 0.500. The van der Waals surface area contributed by atoms with Crippen molar-refractivity contribution in [2.75, 3.05) is 19.6 Å². The van der Waals surface area contributed by atoms with Crippen molar-refractivity contribution in [3.05, 3.63) is 52.2 Å². The predicted octanol–water partition coefficient (Wildman–Crippen LogP) is 2.45. The molecule has 0 aliphatic carbocycles. The van der Waals surface area contributed by atoms with E-state index < -0.39 is 4.92 Å². The number of nitrogens with one attached hydrogen (secondary N) is 1. The van der Waals surface area contributed by atoms with Crippen molar-refractivity contribution in [3.63, 3.8) is 0 Å². The van der Waals surface area contributed by atoms with Crippen LogP contribution < -0.4 is 14.9 Å². The SMILES string of the molecule is COc1ccc(OC)c(/C=N\Nc2ncccc2[N+](=O)[O-])c1.